The molecular formula is C12H16O4S. The van der Waals surface area contributed by atoms with E-state index in [1.807, 2.05) is 0 Å². The first kappa shape index (κ1) is 13.7. The number of ketones is 1. The monoisotopic (exact) mass is 256 g/mol. The van der Waals surface area contributed by atoms with E-state index in [0.29, 0.717) is 0 Å². The van der Waals surface area contributed by atoms with Crippen LogP contribution in [0.2, 0.25) is 0 Å². The molecule has 1 rings (SSSR count). The largest absolute Gasteiger partial charge is 0.495 e. The summed E-state index contributed by atoms with van der Waals surface area (Å²) in [5.74, 6) is -0.148. The molecule has 0 amide bonds. The van der Waals surface area contributed by atoms with Gasteiger partial charge in [-0.25, -0.2) is 8.42 Å². The second-order valence-corrected chi connectivity index (χ2v) is 6.69. The summed E-state index contributed by atoms with van der Waals surface area (Å²) in [4.78, 5) is 11.5. The number of rotatable bonds is 4. The summed E-state index contributed by atoms with van der Waals surface area (Å²) in [5.41, 5.74) is 0. The minimum absolute atomic E-state index is 0.0442. The van der Waals surface area contributed by atoms with Crippen LogP contribution in [0.1, 0.15) is 20.8 Å². The van der Waals surface area contributed by atoms with Crippen LogP contribution in [-0.2, 0) is 14.6 Å². The van der Waals surface area contributed by atoms with Crippen molar-refractivity contribution in [3.63, 3.8) is 0 Å². The minimum Gasteiger partial charge on any atom is -0.495 e. The number of Topliss-reactive ketones (excluding diaryl/α,β-unsaturated/α-hetero) is 1. The van der Waals surface area contributed by atoms with Crippen LogP contribution < -0.4 is 4.74 Å². The van der Waals surface area contributed by atoms with E-state index in [2.05, 4.69) is 0 Å². The van der Waals surface area contributed by atoms with Crippen molar-refractivity contribution >= 4 is 15.6 Å². The Morgan fingerprint density at radius 2 is 1.76 bits per heavy atom. The van der Waals surface area contributed by atoms with Crippen molar-refractivity contribution < 1.29 is 17.9 Å². The molecule has 0 heterocycles. The van der Waals surface area contributed by atoms with Gasteiger partial charge in [-0.15, -0.1) is 0 Å². The smallest absolute Gasteiger partial charge is 0.194 e. The summed E-state index contributed by atoms with van der Waals surface area (Å²) in [6.07, 6.45) is 0. The number of ether oxygens (including phenoxy) is 1. The number of hydrogen-bond donors (Lipinski definition) is 0. The molecule has 0 aliphatic carbocycles. The van der Waals surface area contributed by atoms with E-state index in [-0.39, 0.29) is 10.6 Å². The summed E-state index contributed by atoms with van der Waals surface area (Å²) >= 11 is 0. The number of methoxy groups -OCH3 is 1. The van der Waals surface area contributed by atoms with Crippen LogP contribution in [-0.4, -0.2) is 26.1 Å². The molecule has 0 fully saturated rings. The van der Waals surface area contributed by atoms with E-state index in [1.165, 1.54) is 33.9 Å². The molecule has 5 heteroatoms. The van der Waals surface area contributed by atoms with Crippen LogP contribution >= 0.6 is 0 Å². The standard InChI is InChI=1S/C12H16O4S/c1-9(13)12(2,3)17(14,15)11-8-6-5-7-10(11)16-4/h5-8H,1-4H3. The lowest BCUT2D eigenvalue weighted by molar-refractivity contribution is -0.118. The molecule has 0 saturated carbocycles. The van der Waals surface area contributed by atoms with Crippen molar-refractivity contribution in [3.8, 4) is 5.75 Å². The maximum Gasteiger partial charge on any atom is 0.194 e. The average Bonchev–Trinajstić information content (AvgIpc) is 2.28. The van der Waals surface area contributed by atoms with Crippen LogP contribution in [0.3, 0.4) is 0 Å². The van der Waals surface area contributed by atoms with Crippen molar-refractivity contribution in [3.05, 3.63) is 24.3 Å². The van der Waals surface area contributed by atoms with Gasteiger partial charge in [-0.2, -0.15) is 0 Å². The zero-order chi connectivity index (χ0) is 13.3. The number of sulfone groups is 1. The summed E-state index contributed by atoms with van der Waals surface area (Å²) in [5, 5.41) is 0. The molecule has 0 radical (unpaired) electrons. The fourth-order valence-electron chi connectivity index (χ4n) is 1.30. The molecule has 0 aliphatic heterocycles. The highest BCUT2D eigenvalue weighted by molar-refractivity contribution is 7.93. The van der Waals surface area contributed by atoms with E-state index in [0.717, 1.165) is 0 Å². The molecule has 0 aliphatic rings. The van der Waals surface area contributed by atoms with Crippen LogP contribution in [0, 0.1) is 0 Å². The maximum absolute atomic E-state index is 12.4. The van der Waals surface area contributed by atoms with E-state index in [4.69, 9.17) is 4.74 Å². The summed E-state index contributed by atoms with van der Waals surface area (Å²) in [7, 11) is -2.36. The van der Waals surface area contributed by atoms with Gasteiger partial charge in [0.25, 0.3) is 0 Å². The first-order chi connectivity index (χ1) is 7.75. The topological polar surface area (TPSA) is 60.4 Å². The van der Waals surface area contributed by atoms with Crippen LogP contribution in [0.15, 0.2) is 29.2 Å². The molecule has 0 atom stereocenters. The van der Waals surface area contributed by atoms with Crippen molar-refractivity contribution in [2.45, 2.75) is 30.4 Å². The highest BCUT2D eigenvalue weighted by Gasteiger charge is 2.41. The summed E-state index contributed by atoms with van der Waals surface area (Å²) < 4.78 is 28.3. The molecule has 94 valence electrons. The van der Waals surface area contributed by atoms with Gasteiger partial charge >= 0.3 is 0 Å². The molecule has 1 aromatic carbocycles. The van der Waals surface area contributed by atoms with E-state index >= 15 is 0 Å². The number of para-hydroxylation sites is 1. The Labute approximate surface area is 102 Å². The normalized spacial score (nSPS) is 12.2. The van der Waals surface area contributed by atoms with Gasteiger partial charge in [0.05, 0.1) is 7.11 Å². The van der Waals surface area contributed by atoms with Gasteiger partial charge in [0.15, 0.2) is 15.6 Å². The molecule has 0 aromatic heterocycles. The number of hydrogen-bond acceptors (Lipinski definition) is 4. The lowest BCUT2D eigenvalue weighted by Gasteiger charge is -2.22. The first-order valence-corrected chi connectivity index (χ1v) is 6.62. The maximum atomic E-state index is 12.4. The quantitative estimate of drug-likeness (QED) is 0.824. The molecule has 0 bridgehead atoms. The van der Waals surface area contributed by atoms with E-state index < -0.39 is 20.4 Å². The van der Waals surface area contributed by atoms with E-state index in [9.17, 15) is 13.2 Å². The molecular weight excluding hydrogens is 240 g/mol. The molecule has 0 N–H and O–H groups in total. The summed E-state index contributed by atoms with van der Waals surface area (Å²) in [6.45, 7) is 4.07. The van der Waals surface area contributed by atoms with Gasteiger partial charge in [0.2, 0.25) is 0 Å². The SMILES string of the molecule is COc1ccccc1S(=O)(=O)C(C)(C)C(C)=O. The third-order valence-electron chi connectivity index (χ3n) is 2.88. The van der Waals surface area contributed by atoms with Gasteiger partial charge in [0, 0.05) is 0 Å². The fourth-order valence-corrected chi connectivity index (χ4v) is 2.91. The van der Waals surface area contributed by atoms with Crippen LogP contribution in [0.4, 0.5) is 0 Å². The number of benzene rings is 1. The second-order valence-electron chi connectivity index (χ2n) is 4.22. The van der Waals surface area contributed by atoms with Gasteiger partial charge in [-0.3, -0.25) is 4.79 Å². The average molecular weight is 256 g/mol. The lowest BCUT2D eigenvalue weighted by atomic mass is 10.1. The van der Waals surface area contributed by atoms with Gasteiger partial charge < -0.3 is 4.74 Å². The summed E-state index contributed by atoms with van der Waals surface area (Å²) in [6, 6.07) is 6.28. The van der Waals surface area contributed by atoms with Crippen molar-refractivity contribution in [2.24, 2.45) is 0 Å². The zero-order valence-corrected chi connectivity index (χ0v) is 11.2. The third kappa shape index (κ3) is 2.20. The predicted octanol–water partition coefficient (Wildman–Crippen LogP) is 1.84. The predicted molar refractivity (Wildman–Crippen MR) is 64.9 cm³/mol. The number of carbonyl (C=O) groups excluding carboxylic acids is 1. The van der Waals surface area contributed by atoms with Crippen molar-refractivity contribution in [2.75, 3.05) is 7.11 Å². The highest BCUT2D eigenvalue weighted by Crippen LogP contribution is 2.32. The lowest BCUT2D eigenvalue weighted by Crippen LogP contribution is -2.39. The molecule has 17 heavy (non-hydrogen) atoms. The highest BCUT2D eigenvalue weighted by atomic mass is 32.2. The van der Waals surface area contributed by atoms with Crippen molar-refractivity contribution in [1.82, 2.24) is 0 Å². The second kappa shape index (κ2) is 4.49. The van der Waals surface area contributed by atoms with Gasteiger partial charge in [-0.05, 0) is 32.9 Å². The number of carbonyl (C=O) groups is 1. The Bertz CT molecular complexity index is 529. The minimum atomic E-state index is -3.76. The van der Waals surface area contributed by atoms with E-state index in [1.54, 1.807) is 18.2 Å². The Morgan fingerprint density at radius 1 is 1.24 bits per heavy atom. The Balaban J connectivity index is 3.47. The molecule has 1 aromatic rings. The van der Waals surface area contributed by atoms with Crippen LogP contribution in [0.25, 0.3) is 0 Å². The Hall–Kier alpha value is -1.36. The fraction of sp³-hybridized carbons (Fsp3) is 0.417. The first-order valence-electron chi connectivity index (χ1n) is 5.14. The molecule has 0 saturated heterocycles. The molecule has 4 nitrogen and oxygen atoms in total. The van der Waals surface area contributed by atoms with Crippen molar-refractivity contribution in [1.29, 1.82) is 0 Å². The molecule has 0 spiro atoms. The Kier molecular flexibility index (Phi) is 3.62. The molecule has 0 unspecified atom stereocenters. The Morgan fingerprint density at radius 3 is 2.24 bits per heavy atom. The van der Waals surface area contributed by atoms with Gasteiger partial charge in [0.1, 0.15) is 15.4 Å². The zero-order valence-electron chi connectivity index (χ0n) is 10.4. The third-order valence-corrected chi connectivity index (χ3v) is 5.43. The van der Waals surface area contributed by atoms with Gasteiger partial charge in [-0.1, -0.05) is 12.1 Å². The van der Waals surface area contributed by atoms with Crippen LogP contribution in [0.5, 0.6) is 5.75 Å².